The summed E-state index contributed by atoms with van der Waals surface area (Å²) in [5.41, 5.74) is 5.81. The molecule has 1 unspecified atom stereocenters. The molecule has 2 aromatic carbocycles. The van der Waals surface area contributed by atoms with Crippen molar-refractivity contribution in [2.75, 3.05) is 6.54 Å². The first-order valence-electron chi connectivity index (χ1n) is 11.6. The molecule has 1 aliphatic heterocycles. The Bertz CT molecular complexity index is 1370. The van der Waals surface area contributed by atoms with Gasteiger partial charge in [0.15, 0.2) is 5.71 Å². The summed E-state index contributed by atoms with van der Waals surface area (Å²) in [6, 6.07) is 20.6. The van der Waals surface area contributed by atoms with Crippen LogP contribution in [0.5, 0.6) is 5.75 Å². The number of nitrogens with two attached hydrogens (primary N) is 1. The maximum Gasteiger partial charge on any atom is 0.261 e. The number of nitrogens with zero attached hydrogens (tertiary/aromatic N) is 1. The number of hydrogen-bond acceptors (Lipinski definition) is 5. The highest BCUT2D eigenvalue weighted by molar-refractivity contribution is 7.17. The SMILES string of the molecule is [NH2+]=C(CC(NC(=O)c1ccc(-c2ccc3c(c2)CNCC3)s1)c1ccccc1O)c1cccnc1. The summed E-state index contributed by atoms with van der Waals surface area (Å²) in [6.07, 6.45) is 4.76. The fourth-order valence-corrected chi connectivity index (χ4v) is 5.30. The monoisotopic (exact) mass is 483 g/mol. The fourth-order valence-electron chi connectivity index (χ4n) is 4.39. The standard InChI is InChI=1S/C28H26N4O2S/c29-23(20-4-3-12-30-16-20)15-24(22-5-1-2-6-25(22)33)32-28(34)27-10-9-26(35-27)19-8-7-18-11-13-31-17-21(18)14-19/h1-10,12,14,16,24,29,31,33H,11,13,15,17H2,(H,32,34)/p+1. The zero-order valence-corrected chi connectivity index (χ0v) is 20.0. The zero-order chi connectivity index (χ0) is 24.2. The number of carbonyl (C=O) groups is 1. The number of carbonyl (C=O) groups excluding carboxylic acids is 1. The predicted molar refractivity (Wildman–Crippen MR) is 138 cm³/mol. The molecule has 176 valence electrons. The molecule has 1 aliphatic rings. The first-order chi connectivity index (χ1) is 17.1. The Balaban J connectivity index is 1.37. The largest absolute Gasteiger partial charge is 0.508 e. The van der Waals surface area contributed by atoms with Crippen molar-refractivity contribution in [2.45, 2.75) is 25.4 Å². The van der Waals surface area contributed by atoms with Crippen molar-refractivity contribution in [3.63, 3.8) is 0 Å². The van der Waals surface area contributed by atoms with Gasteiger partial charge in [-0.15, -0.1) is 11.3 Å². The van der Waals surface area contributed by atoms with Crippen molar-refractivity contribution < 1.29 is 15.3 Å². The van der Waals surface area contributed by atoms with Crippen LogP contribution in [0.15, 0.2) is 79.1 Å². The van der Waals surface area contributed by atoms with Gasteiger partial charge in [0.25, 0.3) is 5.91 Å². The van der Waals surface area contributed by atoms with Gasteiger partial charge < -0.3 is 15.7 Å². The first kappa shape index (κ1) is 23.0. The lowest BCUT2D eigenvalue weighted by Crippen LogP contribution is -2.43. The molecule has 7 heteroatoms. The third-order valence-electron chi connectivity index (χ3n) is 6.28. The predicted octanol–water partition coefficient (Wildman–Crippen LogP) is 3.27. The number of fused-ring (bicyclic) bond motifs is 1. The Morgan fingerprint density at radius 2 is 2.00 bits per heavy atom. The van der Waals surface area contributed by atoms with Crippen molar-refractivity contribution in [3.8, 4) is 16.2 Å². The molecule has 0 radical (unpaired) electrons. The van der Waals surface area contributed by atoms with E-state index >= 15 is 0 Å². The van der Waals surface area contributed by atoms with E-state index in [4.69, 9.17) is 5.41 Å². The number of phenols is 1. The molecular formula is C28H27N4O2S+. The molecule has 4 aromatic rings. The van der Waals surface area contributed by atoms with Crippen molar-refractivity contribution >= 4 is 23.0 Å². The van der Waals surface area contributed by atoms with Gasteiger partial charge in [-0.1, -0.05) is 30.3 Å². The molecule has 1 atom stereocenters. The van der Waals surface area contributed by atoms with Crippen LogP contribution in [-0.2, 0) is 13.0 Å². The number of phenolic OH excluding ortho intramolecular Hbond substituents is 1. The lowest BCUT2D eigenvalue weighted by molar-refractivity contribution is -0.115. The quantitative estimate of drug-likeness (QED) is 0.303. The second-order valence-electron chi connectivity index (χ2n) is 8.63. The van der Waals surface area contributed by atoms with Crippen LogP contribution in [0.3, 0.4) is 0 Å². The second-order valence-corrected chi connectivity index (χ2v) is 9.71. The Labute approximate surface area is 208 Å². The summed E-state index contributed by atoms with van der Waals surface area (Å²) in [5.74, 6) is -0.0839. The average molecular weight is 484 g/mol. The van der Waals surface area contributed by atoms with Crippen LogP contribution in [0.4, 0.5) is 0 Å². The fraction of sp³-hybridized carbons (Fsp3) is 0.179. The number of para-hydroxylation sites is 1. The van der Waals surface area contributed by atoms with Crippen LogP contribution in [0, 0.1) is 0 Å². The molecule has 0 bridgehead atoms. The molecule has 35 heavy (non-hydrogen) atoms. The smallest absolute Gasteiger partial charge is 0.261 e. The van der Waals surface area contributed by atoms with E-state index < -0.39 is 6.04 Å². The van der Waals surface area contributed by atoms with Crippen LogP contribution in [-0.4, -0.2) is 28.3 Å². The second kappa shape index (κ2) is 10.2. The molecule has 2 aromatic heterocycles. The first-order valence-corrected chi connectivity index (χ1v) is 12.4. The lowest BCUT2D eigenvalue weighted by atomic mass is 9.97. The number of aromatic nitrogens is 1. The number of rotatable bonds is 7. The molecule has 6 nitrogen and oxygen atoms in total. The minimum Gasteiger partial charge on any atom is -0.508 e. The van der Waals surface area contributed by atoms with E-state index in [2.05, 4.69) is 33.8 Å². The third kappa shape index (κ3) is 5.16. The highest BCUT2D eigenvalue weighted by atomic mass is 32.1. The maximum atomic E-state index is 13.3. The van der Waals surface area contributed by atoms with E-state index in [1.807, 2.05) is 30.3 Å². The van der Waals surface area contributed by atoms with Gasteiger partial charge in [0.05, 0.1) is 22.9 Å². The van der Waals surface area contributed by atoms with Gasteiger partial charge in [0, 0.05) is 29.4 Å². The average Bonchev–Trinajstić information content (AvgIpc) is 3.39. The molecular weight excluding hydrogens is 456 g/mol. The molecule has 1 amide bonds. The minimum atomic E-state index is -0.496. The van der Waals surface area contributed by atoms with E-state index in [1.165, 1.54) is 22.5 Å². The van der Waals surface area contributed by atoms with E-state index in [0.29, 0.717) is 22.6 Å². The number of amides is 1. The minimum absolute atomic E-state index is 0.117. The Kier molecular flexibility index (Phi) is 6.70. The number of aromatic hydroxyl groups is 1. The van der Waals surface area contributed by atoms with Gasteiger partial charge in [-0.05, 0) is 66.1 Å². The summed E-state index contributed by atoms with van der Waals surface area (Å²) < 4.78 is 0. The van der Waals surface area contributed by atoms with E-state index in [9.17, 15) is 9.90 Å². The highest BCUT2D eigenvalue weighted by Gasteiger charge is 2.24. The topological polar surface area (TPSA) is 99.8 Å². The summed E-state index contributed by atoms with van der Waals surface area (Å²) in [5, 5.41) is 23.4. The lowest BCUT2D eigenvalue weighted by Gasteiger charge is -2.19. The highest BCUT2D eigenvalue weighted by Crippen LogP contribution is 2.32. The molecule has 0 saturated heterocycles. The van der Waals surface area contributed by atoms with Crippen molar-refractivity contribution in [3.05, 3.63) is 106 Å². The summed E-state index contributed by atoms with van der Waals surface area (Å²) >= 11 is 1.46. The van der Waals surface area contributed by atoms with Crippen molar-refractivity contribution in [2.24, 2.45) is 0 Å². The summed E-state index contributed by atoms with van der Waals surface area (Å²) in [7, 11) is 0. The molecule has 0 spiro atoms. The molecule has 3 heterocycles. The number of thiophene rings is 1. The molecule has 0 saturated carbocycles. The van der Waals surface area contributed by atoms with E-state index in [0.717, 1.165) is 35.5 Å². The molecule has 0 fully saturated rings. The van der Waals surface area contributed by atoms with E-state index in [-0.39, 0.29) is 11.7 Å². The maximum absolute atomic E-state index is 13.3. The molecule has 5 rings (SSSR count). The van der Waals surface area contributed by atoms with Crippen LogP contribution < -0.4 is 16.0 Å². The number of nitrogens with one attached hydrogen (secondary N) is 2. The van der Waals surface area contributed by atoms with Crippen LogP contribution in [0.2, 0.25) is 0 Å². The number of benzene rings is 2. The Hall–Kier alpha value is -3.81. The van der Waals surface area contributed by atoms with Crippen LogP contribution in [0.25, 0.3) is 10.4 Å². The third-order valence-corrected chi connectivity index (χ3v) is 7.41. The van der Waals surface area contributed by atoms with Crippen molar-refractivity contribution in [1.82, 2.24) is 15.6 Å². The number of hydrogen-bond donors (Lipinski definition) is 4. The van der Waals surface area contributed by atoms with Gasteiger partial charge in [-0.25, -0.2) is 0 Å². The van der Waals surface area contributed by atoms with Gasteiger partial charge in [0.1, 0.15) is 5.75 Å². The number of pyridine rings is 1. The van der Waals surface area contributed by atoms with Crippen molar-refractivity contribution in [1.29, 1.82) is 0 Å². The van der Waals surface area contributed by atoms with Gasteiger partial charge in [-0.3, -0.25) is 15.2 Å². The molecule has 5 N–H and O–H groups in total. The molecule has 0 aliphatic carbocycles. The van der Waals surface area contributed by atoms with Gasteiger partial charge in [0.2, 0.25) is 0 Å². The zero-order valence-electron chi connectivity index (χ0n) is 19.2. The Morgan fingerprint density at radius 3 is 2.83 bits per heavy atom. The normalized spacial score (nSPS) is 13.6. The van der Waals surface area contributed by atoms with Crippen LogP contribution in [0.1, 0.15) is 44.4 Å². The van der Waals surface area contributed by atoms with Gasteiger partial charge >= 0.3 is 0 Å². The van der Waals surface area contributed by atoms with Gasteiger partial charge in [-0.2, -0.15) is 0 Å². The van der Waals surface area contributed by atoms with E-state index in [1.54, 1.807) is 30.6 Å². The summed E-state index contributed by atoms with van der Waals surface area (Å²) in [6.45, 7) is 1.88. The summed E-state index contributed by atoms with van der Waals surface area (Å²) in [4.78, 5) is 19.1. The van der Waals surface area contributed by atoms with Crippen LogP contribution >= 0.6 is 11.3 Å². The Morgan fingerprint density at radius 1 is 1.11 bits per heavy atom.